The van der Waals surface area contributed by atoms with Crippen LogP contribution in [-0.2, 0) is 4.79 Å². The lowest BCUT2D eigenvalue weighted by atomic mass is 9.84. The Balaban J connectivity index is 1.83. The maximum absolute atomic E-state index is 12.0. The Morgan fingerprint density at radius 2 is 2.00 bits per heavy atom. The molecule has 0 bridgehead atoms. The maximum Gasteiger partial charge on any atom is 0.231 e. The van der Waals surface area contributed by atoms with Crippen molar-refractivity contribution in [3.8, 4) is 17.2 Å². The smallest absolute Gasteiger partial charge is 0.231 e. The van der Waals surface area contributed by atoms with E-state index in [0.717, 1.165) is 28.3 Å². The highest BCUT2D eigenvalue weighted by atomic mass is 16.7. The fraction of sp³-hybridized carbons (Fsp3) is 0.235. The van der Waals surface area contributed by atoms with Gasteiger partial charge in [-0.3, -0.25) is 4.79 Å². The average Bonchev–Trinajstić information content (AvgIpc) is 2.99. The monoisotopic (exact) mass is 297 g/mol. The number of hydrogen-bond acceptors (Lipinski definition) is 4. The quantitative estimate of drug-likeness (QED) is 0.926. The Labute approximate surface area is 127 Å². The van der Waals surface area contributed by atoms with Gasteiger partial charge >= 0.3 is 0 Å². The van der Waals surface area contributed by atoms with Gasteiger partial charge in [0.05, 0.1) is 7.11 Å². The second-order valence-electron chi connectivity index (χ2n) is 5.37. The van der Waals surface area contributed by atoms with Crippen LogP contribution in [0.5, 0.6) is 17.2 Å². The van der Waals surface area contributed by atoms with E-state index in [1.54, 1.807) is 7.11 Å². The standard InChI is InChI=1S/C17H15NO4/c1-20-11-4-2-3-10(5-11)12-7-17(19)18-14-8-16-15(6-13(12)14)21-9-22-16/h2-6,8,12H,7,9H2,1H3,(H,18,19). The lowest BCUT2D eigenvalue weighted by Gasteiger charge is -2.26. The first kappa shape index (κ1) is 13.0. The zero-order valence-corrected chi connectivity index (χ0v) is 12.1. The molecule has 0 fully saturated rings. The molecule has 2 aliphatic heterocycles. The maximum atomic E-state index is 12.0. The zero-order chi connectivity index (χ0) is 15.1. The van der Waals surface area contributed by atoms with Gasteiger partial charge < -0.3 is 19.5 Å². The largest absolute Gasteiger partial charge is 0.497 e. The molecule has 2 heterocycles. The van der Waals surface area contributed by atoms with Crippen LogP contribution in [0.1, 0.15) is 23.5 Å². The van der Waals surface area contributed by atoms with Gasteiger partial charge in [0.1, 0.15) is 5.75 Å². The summed E-state index contributed by atoms with van der Waals surface area (Å²) in [4.78, 5) is 12.0. The minimum Gasteiger partial charge on any atom is -0.497 e. The average molecular weight is 297 g/mol. The molecule has 2 aromatic carbocycles. The Morgan fingerprint density at radius 3 is 2.82 bits per heavy atom. The van der Waals surface area contributed by atoms with Crippen LogP contribution in [0.4, 0.5) is 5.69 Å². The van der Waals surface area contributed by atoms with Crippen molar-refractivity contribution in [2.75, 3.05) is 19.2 Å². The summed E-state index contributed by atoms with van der Waals surface area (Å²) in [5.41, 5.74) is 2.87. The van der Waals surface area contributed by atoms with Crippen LogP contribution >= 0.6 is 0 Å². The topological polar surface area (TPSA) is 56.8 Å². The number of ether oxygens (including phenoxy) is 3. The molecule has 0 radical (unpaired) electrons. The number of carbonyl (C=O) groups is 1. The molecule has 4 rings (SSSR count). The van der Waals surface area contributed by atoms with Crippen molar-refractivity contribution in [2.24, 2.45) is 0 Å². The van der Waals surface area contributed by atoms with Gasteiger partial charge in [0, 0.05) is 24.1 Å². The van der Waals surface area contributed by atoms with Crippen LogP contribution < -0.4 is 19.5 Å². The first-order valence-corrected chi connectivity index (χ1v) is 7.12. The number of amides is 1. The predicted molar refractivity (Wildman–Crippen MR) is 80.6 cm³/mol. The van der Waals surface area contributed by atoms with Crippen LogP contribution in [0, 0.1) is 0 Å². The van der Waals surface area contributed by atoms with Crippen molar-refractivity contribution >= 4 is 11.6 Å². The molecule has 1 atom stereocenters. The van der Waals surface area contributed by atoms with Gasteiger partial charge in [-0.25, -0.2) is 0 Å². The summed E-state index contributed by atoms with van der Waals surface area (Å²) < 4.78 is 16.1. The Bertz CT molecular complexity index is 756. The molecular formula is C17H15NO4. The van der Waals surface area contributed by atoms with Gasteiger partial charge in [-0.2, -0.15) is 0 Å². The lowest BCUT2D eigenvalue weighted by Crippen LogP contribution is -2.23. The molecule has 2 aromatic rings. The van der Waals surface area contributed by atoms with E-state index >= 15 is 0 Å². The molecular weight excluding hydrogens is 282 g/mol. The summed E-state index contributed by atoms with van der Waals surface area (Å²) in [6.45, 7) is 0.218. The van der Waals surface area contributed by atoms with E-state index in [1.165, 1.54) is 0 Å². The molecule has 0 aromatic heterocycles. The molecule has 0 saturated carbocycles. The lowest BCUT2D eigenvalue weighted by molar-refractivity contribution is -0.116. The predicted octanol–water partition coefficient (Wildman–Crippen LogP) is 2.90. The Kier molecular flexibility index (Phi) is 2.92. The van der Waals surface area contributed by atoms with Gasteiger partial charge in [-0.1, -0.05) is 12.1 Å². The SMILES string of the molecule is COc1cccc(C2CC(=O)Nc3cc4c(cc32)OCO4)c1. The summed E-state index contributed by atoms with van der Waals surface area (Å²) in [6, 6.07) is 11.6. The van der Waals surface area contributed by atoms with Gasteiger partial charge in [0.2, 0.25) is 12.7 Å². The highest BCUT2D eigenvalue weighted by molar-refractivity contribution is 5.96. The van der Waals surface area contributed by atoms with Crippen LogP contribution in [-0.4, -0.2) is 19.8 Å². The summed E-state index contributed by atoms with van der Waals surface area (Å²) in [7, 11) is 1.64. The number of fused-ring (bicyclic) bond motifs is 2. The van der Waals surface area contributed by atoms with Gasteiger partial charge in [0.15, 0.2) is 11.5 Å². The van der Waals surface area contributed by atoms with Crippen molar-refractivity contribution in [3.05, 3.63) is 47.5 Å². The van der Waals surface area contributed by atoms with E-state index in [-0.39, 0.29) is 18.6 Å². The summed E-state index contributed by atoms with van der Waals surface area (Å²) >= 11 is 0. The second-order valence-corrected chi connectivity index (χ2v) is 5.37. The first-order valence-electron chi connectivity index (χ1n) is 7.12. The van der Waals surface area contributed by atoms with Crippen molar-refractivity contribution in [2.45, 2.75) is 12.3 Å². The molecule has 22 heavy (non-hydrogen) atoms. The van der Waals surface area contributed by atoms with E-state index in [9.17, 15) is 4.79 Å². The summed E-state index contributed by atoms with van der Waals surface area (Å²) in [5.74, 6) is 2.16. The summed E-state index contributed by atoms with van der Waals surface area (Å²) in [6.07, 6.45) is 0.403. The number of carbonyl (C=O) groups excluding carboxylic acids is 1. The normalized spacial score (nSPS) is 18.6. The van der Waals surface area contributed by atoms with E-state index in [0.29, 0.717) is 12.2 Å². The van der Waals surface area contributed by atoms with E-state index in [4.69, 9.17) is 14.2 Å². The fourth-order valence-corrected chi connectivity index (χ4v) is 3.01. The van der Waals surface area contributed by atoms with Crippen LogP contribution in [0.2, 0.25) is 0 Å². The fourth-order valence-electron chi connectivity index (χ4n) is 3.01. The molecule has 0 saturated heterocycles. The molecule has 5 heteroatoms. The van der Waals surface area contributed by atoms with Crippen LogP contribution in [0.15, 0.2) is 36.4 Å². The minimum atomic E-state index is -0.0200. The number of nitrogens with one attached hydrogen (secondary N) is 1. The van der Waals surface area contributed by atoms with E-state index in [1.807, 2.05) is 36.4 Å². The number of rotatable bonds is 2. The highest BCUT2D eigenvalue weighted by Gasteiger charge is 2.29. The molecule has 112 valence electrons. The molecule has 1 unspecified atom stereocenters. The van der Waals surface area contributed by atoms with E-state index in [2.05, 4.69) is 5.32 Å². The van der Waals surface area contributed by atoms with Gasteiger partial charge in [-0.15, -0.1) is 0 Å². The van der Waals surface area contributed by atoms with Gasteiger partial charge in [0.25, 0.3) is 0 Å². The molecule has 1 amide bonds. The van der Waals surface area contributed by atoms with E-state index < -0.39 is 0 Å². The summed E-state index contributed by atoms with van der Waals surface area (Å²) in [5, 5.41) is 2.91. The molecule has 2 aliphatic rings. The Hall–Kier alpha value is -2.69. The molecule has 5 nitrogen and oxygen atoms in total. The number of benzene rings is 2. The number of anilines is 1. The van der Waals surface area contributed by atoms with Crippen molar-refractivity contribution in [1.29, 1.82) is 0 Å². The van der Waals surface area contributed by atoms with Crippen LogP contribution in [0.3, 0.4) is 0 Å². The number of hydrogen-bond donors (Lipinski definition) is 1. The third-order valence-electron chi connectivity index (χ3n) is 4.08. The molecule has 0 aliphatic carbocycles. The third kappa shape index (κ3) is 2.06. The highest BCUT2D eigenvalue weighted by Crippen LogP contribution is 2.44. The zero-order valence-electron chi connectivity index (χ0n) is 12.1. The van der Waals surface area contributed by atoms with Crippen molar-refractivity contribution in [3.63, 3.8) is 0 Å². The van der Waals surface area contributed by atoms with Crippen LogP contribution in [0.25, 0.3) is 0 Å². The third-order valence-corrected chi connectivity index (χ3v) is 4.08. The van der Waals surface area contributed by atoms with Crippen molar-refractivity contribution in [1.82, 2.24) is 0 Å². The molecule has 0 spiro atoms. The number of methoxy groups -OCH3 is 1. The first-order chi connectivity index (χ1) is 10.7. The Morgan fingerprint density at radius 1 is 1.18 bits per heavy atom. The minimum absolute atomic E-state index is 0.000754. The molecule has 1 N–H and O–H groups in total. The second kappa shape index (κ2) is 4.94. The van der Waals surface area contributed by atoms with Crippen molar-refractivity contribution < 1.29 is 19.0 Å². The van der Waals surface area contributed by atoms with Gasteiger partial charge in [-0.05, 0) is 29.3 Å².